The number of piperidine rings is 1. The number of fused-ring (bicyclic) bond motifs is 1. The maximum absolute atomic E-state index is 6.02. The van der Waals surface area contributed by atoms with Crippen LogP contribution in [0.1, 0.15) is 18.6 Å². The van der Waals surface area contributed by atoms with E-state index in [1.807, 2.05) is 23.6 Å². The van der Waals surface area contributed by atoms with Gasteiger partial charge in [0.05, 0.1) is 6.54 Å². The molecule has 3 aromatic heterocycles. The van der Waals surface area contributed by atoms with Gasteiger partial charge in [-0.25, -0.2) is 15.0 Å². The smallest absolute Gasteiger partial charge is 0.316 e. The number of hydrogen-bond acceptors (Lipinski definition) is 8. The Morgan fingerprint density at radius 3 is 2.72 bits per heavy atom. The molecule has 0 amide bonds. The van der Waals surface area contributed by atoms with Crippen LogP contribution in [0.3, 0.4) is 0 Å². The van der Waals surface area contributed by atoms with Crippen LogP contribution in [0.25, 0.3) is 11.0 Å². The van der Waals surface area contributed by atoms with Crippen molar-refractivity contribution in [2.24, 2.45) is 0 Å². The number of furan rings is 1. The number of benzene rings is 1. The van der Waals surface area contributed by atoms with Gasteiger partial charge in [-0.1, -0.05) is 11.3 Å². The zero-order valence-electron chi connectivity index (χ0n) is 15.7. The highest BCUT2D eigenvalue weighted by atomic mass is 32.1. The summed E-state index contributed by atoms with van der Waals surface area (Å²) < 4.78 is 17.7. The normalized spacial score (nSPS) is 15.6. The summed E-state index contributed by atoms with van der Waals surface area (Å²) >= 11 is 1.47. The van der Waals surface area contributed by atoms with E-state index in [-0.39, 0.29) is 6.10 Å². The Labute approximate surface area is 171 Å². The van der Waals surface area contributed by atoms with E-state index in [1.165, 1.54) is 11.3 Å². The highest BCUT2D eigenvalue weighted by Gasteiger charge is 2.22. The lowest BCUT2D eigenvalue weighted by molar-refractivity contribution is 0.0860. The number of likely N-dealkylation sites (tertiary alicyclic amines) is 1. The lowest BCUT2D eigenvalue weighted by atomic mass is 10.1. The van der Waals surface area contributed by atoms with Crippen LogP contribution in [-0.4, -0.2) is 39.0 Å². The minimum atomic E-state index is 0.162. The van der Waals surface area contributed by atoms with Gasteiger partial charge in [0, 0.05) is 42.4 Å². The second kappa shape index (κ2) is 8.18. The number of nitrogens with zero attached hydrogens (tertiary/aromatic N) is 4. The minimum Gasteiger partial charge on any atom is -0.460 e. The SMILES string of the molecule is c1cnc(OC2CCN(Cc3cc4cc(Oc5nccs5)ccc4o3)CC2)nc1. The van der Waals surface area contributed by atoms with Crippen LogP contribution >= 0.6 is 11.3 Å². The van der Waals surface area contributed by atoms with E-state index in [0.29, 0.717) is 11.2 Å². The third kappa shape index (κ3) is 4.38. The highest BCUT2D eigenvalue weighted by Crippen LogP contribution is 2.29. The predicted molar refractivity (Wildman–Crippen MR) is 109 cm³/mol. The maximum atomic E-state index is 6.02. The Balaban J connectivity index is 1.18. The summed E-state index contributed by atoms with van der Waals surface area (Å²) in [6, 6.07) is 10.2. The van der Waals surface area contributed by atoms with Gasteiger partial charge in [-0.05, 0) is 43.2 Å². The molecule has 0 aliphatic carbocycles. The molecule has 5 rings (SSSR count). The van der Waals surface area contributed by atoms with Gasteiger partial charge in [-0.2, -0.15) is 0 Å². The van der Waals surface area contributed by atoms with Crippen LogP contribution in [0.4, 0.5) is 0 Å². The van der Waals surface area contributed by atoms with Crippen molar-refractivity contribution in [3.8, 4) is 17.0 Å². The van der Waals surface area contributed by atoms with Crippen molar-refractivity contribution < 1.29 is 13.9 Å². The van der Waals surface area contributed by atoms with E-state index in [9.17, 15) is 0 Å². The molecule has 1 aliphatic heterocycles. The van der Waals surface area contributed by atoms with Crippen molar-refractivity contribution in [2.75, 3.05) is 13.1 Å². The van der Waals surface area contributed by atoms with Crippen LogP contribution in [0, 0.1) is 0 Å². The number of ether oxygens (including phenoxy) is 2. The van der Waals surface area contributed by atoms with E-state index in [1.54, 1.807) is 24.7 Å². The molecule has 4 aromatic rings. The first-order chi connectivity index (χ1) is 14.3. The molecule has 1 saturated heterocycles. The van der Waals surface area contributed by atoms with Crippen molar-refractivity contribution in [1.29, 1.82) is 0 Å². The first-order valence-corrected chi connectivity index (χ1v) is 10.5. The summed E-state index contributed by atoms with van der Waals surface area (Å²) in [6.45, 7) is 2.69. The molecule has 1 fully saturated rings. The van der Waals surface area contributed by atoms with Crippen molar-refractivity contribution in [1.82, 2.24) is 19.9 Å². The average Bonchev–Trinajstić information content (AvgIpc) is 3.39. The Bertz CT molecular complexity index is 1060. The second-order valence-corrected chi connectivity index (χ2v) is 7.79. The fourth-order valence-electron chi connectivity index (χ4n) is 3.48. The molecule has 0 spiro atoms. The van der Waals surface area contributed by atoms with E-state index in [0.717, 1.165) is 55.0 Å². The molecule has 0 saturated carbocycles. The molecule has 8 heteroatoms. The summed E-state index contributed by atoms with van der Waals surface area (Å²) in [5.74, 6) is 1.72. The number of hydrogen-bond donors (Lipinski definition) is 0. The average molecular weight is 408 g/mol. The lowest BCUT2D eigenvalue weighted by Crippen LogP contribution is -2.37. The zero-order valence-corrected chi connectivity index (χ0v) is 16.5. The van der Waals surface area contributed by atoms with Crippen LogP contribution in [0.15, 0.2) is 58.7 Å². The summed E-state index contributed by atoms with van der Waals surface area (Å²) in [5, 5.41) is 3.57. The summed E-state index contributed by atoms with van der Waals surface area (Å²) in [6.07, 6.45) is 7.19. The molecule has 4 heterocycles. The van der Waals surface area contributed by atoms with Gasteiger partial charge in [-0.15, -0.1) is 0 Å². The molecule has 7 nitrogen and oxygen atoms in total. The lowest BCUT2D eigenvalue weighted by Gasteiger charge is -2.30. The molecule has 148 valence electrons. The number of rotatable bonds is 6. The molecule has 0 radical (unpaired) electrons. The molecule has 0 unspecified atom stereocenters. The van der Waals surface area contributed by atoms with Crippen molar-refractivity contribution in [3.63, 3.8) is 0 Å². The Morgan fingerprint density at radius 1 is 1.07 bits per heavy atom. The molecule has 1 aromatic carbocycles. The van der Waals surface area contributed by atoms with Gasteiger partial charge < -0.3 is 13.9 Å². The zero-order chi connectivity index (χ0) is 19.5. The largest absolute Gasteiger partial charge is 0.460 e. The molecule has 0 atom stereocenters. The molecular formula is C21H20N4O3S. The second-order valence-electron chi connectivity index (χ2n) is 6.94. The Morgan fingerprint density at radius 2 is 1.93 bits per heavy atom. The fourth-order valence-corrected chi connectivity index (χ4v) is 3.98. The summed E-state index contributed by atoms with van der Waals surface area (Å²) in [7, 11) is 0. The standard InChI is InChI=1S/C21H20N4O3S/c1-6-22-20(23-7-1)27-16-4-9-25(10-5-16)14-18-13-15-12-17(2-3-19(15)26-18)28-21-24-8-11-29-21/h1-3,6-8,11-13,16H,4-5,9-10,14H2. The van der Waals surface area contributed by atoms with E-state index in [4.69, 9.17) is 13.9 Å². The van der Waals surface area contributed by atoms with Gasteiger partial charge in [0.15, 0.2) is 0 Å². The van der Waals surface area contributed by atoms with Gasteiger partial charge in [0.1, 0.15) is 23.2 Å². The van der Waals surface area contributed by atoms with Crippen LogP contribution in [0.2, 0.25) is 0 Å². The van der Waals surface area contributed by atoms with E-state index < -0.39 is 0 Å². The van der Waals surface area contributed by atoms with E-state index >= 15 is 0 Å². The predicted octanol–water partition coefficient (Wildman–Crippen LogP) is 4.52. The van der Waals surface area contributed by atoms with Crippen LogP contribution < -0.4 is 9.47 Å². The van der Waals surface area contributed by atoms with Crippen molar-refractivity contribution >= 4 is 22.3 Å². The number of aromatic nitrogens is 3. The third-order valence-corrected chi connectivity index (χ3v) is 5.53. The van der Waals surface area contributed by atoms with Gasteiger partial charge in [0.25, 0.3) is 5.19 Å². The Hall–Kier alpha value is -2.97. The highest BCUT2D eigenvalue weighted by molar-refractivity contribution is 7.11. The summed E-state index contributed by atoms with van der Waals surface area (Å²) in [5.41, 5.74) is 0.867. The molecule has 0 bridgehead atoms. The maximum Gasteiger partial charge on any atom is 0.316 e. The van der Waals surface area contributed by atoms with E-state index in [2.05, 4.69) is 25.9 Å². The Kier molecular flexibility index (Phi) is 5.10. The molecule has 29 heavy (non-hydrogen) atoms. The fraction of sp³-hybridized carbons (Fsp3) is 0.286. The van der Waals surface area contributed by atoms with Gasteiger partial charge in [-0.3, -0.25) is 4.90 Å². The monoisotopic (exact) mass is 408 g/mol. The first kappa shape index (κ1) is 18.1. The van der Waals surface area contributed by atoms with Gasteiger partial charge >= 0.3 is 6.01 Å². The molecular weight excluding hydrogens is 388 g/mol. The molecule has 1 aliphatic rings. The van der Waals surface area contributed by atoms with Crippen LogP contribution in [0.5, 0.6) is 17.0 Å². The third-order valence-electron chi connectivity index (χ3n) is 4.88. The molecule has 0 N–H and O–H groups in total. The van der Waals surface area contributed by atoms with Crippen molar-refractivity contribution in [2.45, 2.75) is 25.5 Å². The minimum absolute atomic E-state index is 0.162. The summed E-state index contributed by atoms with van der Waals surface area (Å²) in [4.78, 5) is 14.8. The number of thiazole rings is 1. The van der Waals surface area contributed by atoms with Crippen molar-refractivity contribution in [3.05, 3.63) is 60.1 Å². The van der Waals surface area contributed by atoms with Gasteiger partial charge in [0.2, 0.25) is 0 Å². The quantitative estimate of drug-likeness (QED) is 0.464. The first-order valence-electron chi connectivity index (χ1n) is 9.58. The topological polar surface area (TPSA) is 73.5 Å². The van der Waals surface area contributed by atoms with Crippen LogP contribution in [-0.2, 0) is 6.54 Å².